The first-order valence-corrected chi connectivity index (χ1v) is 10.9. The molecular formula is C23H23N9O3. The summed E-state index contributed by atoms with van der Waals surface area (Å²) in [7, 11) is 1.50. The van der Waals surface area contributed by atoms with Crippen molar-refractivity contribution in [1.29, 1.82) is 5.26 Å². The number of anilines is 3. The SMILES string of the molecule is CCNNC(=O)c1nnc(NC(=O)C2CC2)cc1Nc1cccc(-c2ncc(C#N)cn2)c1OC. The number of nitrogens with zero attached hydrogens (tertiary/aromatic N) is 5. The molecule has 2 amide bonds. The molecule has 0 spiro atoms. The van der Waals surface area contributed by atoms with E-state index in [1.165, 1.54) is 19.5 Å². The van der Waals surface area contributed by atoms with Crippen molar-refractivity contribution in [3.8, 4) is 23.2 Å². The first kappa shape index (κ1) is 23.5. The van der Waals surface area contributed by atoms with Crippen molar-refractivity contribution < 1.29 is 14.3 Å². The molecule has 1 fully saturated rings. The molecule has 2 aromatic heterocycles. The molecule has 0 saturated heterocycles. The number of para-hydroxylation sites is 1. The Morgan fingerprint density at radius 2 is 1.94 bits per heavy atom. The minimum atomic E-state index is -0.507. The average molecular weight is 473 g/mol. The minimum absolute atomic E-state index is 0.0115. The summed E-state index contributed by atoms with van der Waals surface area (Å²) in [6, 6.07) is 8.82. The summed E-state index contributed by atoms with van der Waals surface area (Å²) in [5, 5.41) is 22.9. The summed E-state index contributed by atoms with van der Waals surface area (Å²) in [4.78, 5) is 33.4. The lowest BCUT2D eigenvalue weighted by Gasteiger charge is -2.17. The van der Waals surface area contributed by atoms with E-state index in [4.69, 9.17) is 10.00 Å². The molecule has 1 saturated carbocycles. The maximum atomic E-state index is 12.7. The van der Waals surface area contributed by atoms with Crippen molar-refractivity contribution >= 4 is 29.0 Å². The van der Waals surface area contributed by atoms with Crippen LogP contribution in [0.15, 0.2) is 36.7 Å². The number of nitrogens with one attached hydrogen (secondary N) is 4. The Labute approximate surface area is 201 Å². The molecule has 0 atom stereocenters. The number of aromatic nitrogens is 4. The van der Waals surface area contributed by atoms with Gasteiger partial charge in [0.25, 0.3) is 5.91 Å². The van der Waals surface area contributed by atoms with Gasteiger partial charge in [-0.05, 0) is 25.0 Å². The maximum absolute atomic E-state index is 12.7. The summed E-state index contributed by atoms with van der Waals surface area (Å²) < 4.78 is 5.63. The highest BCUT2D eigenvalue weighted by molar-refractivity contribution is 6.00. The highest BCUT2D eigenvalue weighted by atomic mass is 16.5. The number of hydrogen-bond acceptors (Lipinski definition) is 10. The van der Waals surface area contributed by atoms with Crippen LogP contribution in [0.1, 0.15) is 35.8 Å². The van der Waals surface area contributed by atoms with E-state index in [1.807, 2.05) is 13.0 Å². The fourth-order valence-electron chi connectivity index (χ4n) is 3.22. The Morgan fingerprint density at radius 1 is 1.17 bits per heavy atom. The topological polar surface area (TPSA) is 167 Å². The van der Waals surface area contributed by atoms with Gasteiger partial charge in [-0.2, -0.15) is 5.26 Å². The van der Waals surface area contributed by atoms with Crippen LogP contribution in [0.2, 0.25) is 0 Å². The number of nitriles is 1. The fraction of sp³-hybridized carbons (Fsp3) is 0.261. The largest absolute Gasteiger partial charge is 0.494 e. The normalized spacial score (nSPS) is 12.4. The van der Waals surface area contributed by atoms with E-state index in [9.17, 15) is 9.59 Å². The molecule has 178 valence electrons. The van der Waals surface area contributed by atoms with Gasteiger partial charge in [-0.15, -0.1) is 10.2 Å². The number of ether oxygens (including phenoxy) is 1. The zero-order valence-electron chi connectivity index (χ0n) is 19.1. The van der Waals surface area contributed by atoms with E-state index in [1.54, 1.807) is 24.3 Å². The monoisotopic (exact) mass is 473 g/mol. The lowest BCUT2D eigenvalue weighted by molar-refractivity contribution is -0.117. The smallest absolute Gasteiger partial charge is 0.288 e. The van der Waals surface area contributed by atoms with E-state index >= 15 is 0 Å². The van der Waals surface area contributed by atoms with Crippen LogP contribution in [0, 0.1) is 17.2 Å². The molecule has 3 aromatic rings. The van der Waals surface area contributed by atoms with Gasteiger partial charge in [0.15, 0.2) is 23.1 Å². The van der Waals surface area contributed by atoms with Gasteiger partial charge in [0.05, 0.1) is 29.6 Å². The van der Waals surface area contributed by atoms with Crippen molar-refractivity contribution in [3.05, 3.63) is 47.9 Å². The Morgan fingerprint density at radius 3 is 2.60 bits per heavy atom. The van der Waals surface area contributed by atoms with Gasteiger partial charge in [-0.25, -0.2) is 15.4 Å². The van der Waals surface area contributed by atoms with E-state index in [0.29, 0.717) is 40.6 Å². The van der Waals surface area contributed by atoms with Crippen molar-refractivity contribution in [2.75, 3.05) is 24.3 Å². The van der Waals surface area contributed by atoms with Gasteiger partial charge < -0.3 is 15.4 Å². The van der Waals surface area contributed by atoms with Gasteiger partial charge in [-0.3, -0.25) is 15.0 Å². The van der Waals surface area contributed by atoms with Crippen LogP contribution >= 0.6 is 0 Å². The van der Waals surface area contributed by atoms with Crippen LogP contribution in [0.4, 0.5) is 17.2 Å². The molecule has 35 heavy (non-hydrogen) atoms. The Balaban J connectivity index is 1.70. The van der Waals surface area contributed by atoms with E-state index < -0.39 is 5.91 Å². The third kappa shape index (κ3) is 5.48. The Hall–Kier alpha value is -4.63. The van der Waals surface area contributed by atoms with Gasteiger partial charge >= 0.3 is 0 Å². The lowest BCUT2D eigenvalue weighted by Crippen LogP contribution is -2.38. The van der Waals surface area contributed by atoms with Crippen molar-refractivity contribution in [1.82, 2.24) is 31.0 Å². The summed E-state index contributed by atoms with van der Waals surface area (Å²) >= 11 is 0. The van der Waals surface area contributed by atoms with Crippen molar-refractivity contribution in [2.45, 2.75) is 19.8 Å². The molecule has 4 rings (SSSR count). The number of methoxy groups -OCH3 is 1. The third-order valence-corrected chi connectivity index (χ3v) is 5.10. The number of hydrogen-bond donors (Lipinski definition) is 4. The second kappa shape index (κ2) is 10.5. The zero-order valence-corrected chi connectivity index (χ0v) is 19.1. The number of benzene rings is 1. The molecule has 0 unspecified atom stereocenters. The molecule has 1 aliphatic carbocycles. The third-order valence-electron chi connectivity index (χ3n) is 5.10. The molecular weight excluding hydrogens is 450 g/mol. The van der Waals surface area contributed by atoms with Crippen LogP contribution in [-0.4, -0.2) is 45.6 Å². The van der Waals surface area contributed by atoms with Crippen LogP contribution in [0.3, 0.4) is 0 Å². The average Bonchev–Trinajstić information content (AvgIpc) is 3.73. The van der Waals surface area contributed by atoms with Gasteiger partial charge in [0.2, 0.25) is 5.91 Å². The summed E-state index contributed by atoms with van der Waals surface area (Å²) in [6.07, 6.45) is 4.53. The van der Waals surface area contributed by atoms with Gasteiger partial charge in [0, 0.05) is 30.9 Å². The number of carbonyl (C=O) groups is 2. The summed E-state index contributed by atoms with van der Waals surface area (Å²) in [5.41, 5.74) is 7.01. The van der Waals surface area contributed by atoms with Crippen molar-refractivity contribution in [3.63, 3.8) is 0 Å². The van der Waals surface area contributed by atoms with Crippen LogP contribution < -0.4 is 26.2 Å². The first-order valence-electron chi connectivity index (χ1n) is 10.9. The van der Waals surface area contributed by atoms with E-state index in [2.05, 4.69) is 41.7 Å². The van der Waals surface area contributed by atoms with Crippen LogP contribution in [0.25, 0.3) is 11.4 Å². The predicted molar refractivity (Wildman–Crippen MR) is 127 cm³/mol. The van der Waals surface area contributed by atoms with Crippen LogP contribution in [0.5, 0.6) is 5.75 Å². The first-order chi connectivity index (χ1) is 17.0. The number of hydrazine groups is 1. The number of carbonyl (C=O) groups excluding carboxylic acids is 2. The predicted octanol–water partition coefficient (Wildman–Crippen LogP) is 2.16. The number of amides is 2. The highest BCUT2D eigenvalue weighted by Crippen LogP contribution is 2.37. The fourth-order valence-corrected chi connectivity index (χ4v) is 3.22. The molecule has 2 heterocycles. The quantitative estimate of drug-likeness (QED) is 0.338. The minimum Gasteiger partial charge on any atom is -0.494 e. The standard InChI is InChI=1S/C23H23N9O3/c1-3-27-32-23(34)19-17(9-18(30-31-19)29-22(33)14-7-8-14)28-16-6-4-5-15(20(16)35-2)21-25-11-13(10-24)12-26-21/h4-6,9,11-12,14,27H,3,7-8H2,1-2H3,(H,32,34)(H2,28,29,30,33). The molecule has 12 nitrogen and oxygen atoms in total. The molecule has 1 aromatic carbocycles. The molecule has 1 aliphatic rings. The van der Waals surface area contributed by atoms with Crippen molar-refractivity contribution in [2.24, 2.45) is 5.92 Å². The molecule has 4 N–H and O–H groups in total. The molecule has 0 bridgehead atoms. The Bertz CT molecular complexity index is 1280. The molecule has 0 radical (unpaired) electrons. The second-order valence-electron chi connectivity index (χ2n) is 7.66. The summed E-state index contributed by atoms with van der Waals surface area (Å²) in [5.74, 6) is 0.333. The van der Waals surface area contributed by atoms with Gasteiger partial charge in [-0.1, -0.05) is 13.0 Å². The Kier molecular flexibility index (Phi) is 7.08. The van der Waals surface area contributed by atoms with Crippen LogP contribution in [-0.2, 0) is 4.79 Å². The number of rotatable bonds is 9. The summed E-state index contributed by atoms with van der Waals surface area (Å²) in [6.45, 7) is 2.35. The maximum Gasteiger partial charge on any atom is 0.288 e. The second-order valence-corrected chi connectivity index (χ2v) is 7.66. The van der Waals surface area contributed by atoms with E-state index in [-0.39, 0.29) is 23.3 Å². The molecule has 12 heteroatoms. The zero-order chi connectivity index (χ0) is 24.8. The van der Waals surface area contributed by atoms with E-state index in [0.717, 1.165) is 12.8 Å². The molecule has 0 aliphatic heterocycles. The van der Waals surface area contributed by atoms with Gasteiger partial charge in [0.1, 0.15) is 6.07 Å². The highest BCUT2D eigenvalue weighted by Gasteiger charge is 2.30. The lowest BCUT2D eigenvalue weighted by atomic mass is 10.1.